The Balaban J connectivity index is 0.799. The molecule has 4 aliphatic rings. The lowest BCUT2D eigenvalue weighted by Crippen LogP contribution is -2.74. The predicted octanol–water partition coefficient (Wildman–Crippen LogP) is 9.13. The van der Waals surface area contributed by atoms with Crippen LogP contribution in [0.15, 0.2) is 72.2 Å². The normalized spacial score (nSPS) is 25.9. The van der Waals surface area contributed by atoms with Crippen molar-refractivity contribution in [2.24, 2.45) is 16.2 Å². The van der Waals surface area contributed by atoms with E-state index < -0.39 is 17.6 Å². The molecule has 0 radical (unpaired) electrons. The summed E-state index contributed by atoms with van der Waals surface area (Å²) in [7, 11) is 0. The van der Waals surface area contributed by atoms with Gasteiger partial charge in [-0.3, -0.25) is 19.0 Å². The third-order valence-corrected chi connectivity index (χ3v) is 17.6. The van der Waals surface area contributed by atoms with E-state index in [9.17, 15) is 24.8 Å². The highest BCUT2D eigenvalue weighted by molar-refractivity contribution is 7.13. The molecule has 4 aromatic rings. The molecule has 8 rings (SSSR count). The van der Waals surface area contributed by atoms with E-state index in [1.54, 1.807) is 29.5 Å². The van der Waals surface area contributed by atoms with Gasteiger partial charge in [-0.05, 0) is 93.3 Å². The smallest absolute Gasteiger partial charge is 0.337 e. The van der Waals surface area contributed by atoms with Crippen LogP contribution in [0.3, 0.4) is 0 Å². The number of quaternary nitrogens is 1. The standard InChI is InChI=1S/C56H72ClN7O5S/c1-35-48(70-34-59-35)39-19-17-38(18-20-39)36(2)64(27-25-44(65)33-64)51(68)49(54(3,4)5)60-47(66)32-63-42-22-23-43(63)31-62(30-42)26-11-10-12-37-13-15-40(16-14-37)50(67)61-52-55(6,7)53(56(52,8)9)69-45-24-21-41(29-58)46(57)28-45/h13-21,24,28,34,36,42-44,49,52-53,65H,10-12,22-23,25-27,30-33H2,1-9H3,(H-,60,61,66,67)/p+1/t36-,42?,43?,44-,49+,52-,53-,64?/m0/s1. The van der Waals surface area contributed by atoms with Crippen molar-refractivity contribution < 1.29 is 28.7 Å². The number of fused-ring (bicyclic) bond motifs is 2. The quantitative estimate of drug-likeness (QED) is 0.0739. The number of aliphatic hydroxyl groups excluding tert-OH is 1. The summed E-state index contributed by atoms with van der Waals surface area (Å²) < 4.78 is 6.50. The molecule has 14 heteroatoms. The number of carbonyl (C=O) groups is 3. The molecule has 3 N–H and O–H groups in total. The number of halogens is 1. The first-order chi connectivity index (χ1) is 33.1. The fraction of sp³-hybridized carbons (Fsp3) is 0.554. The first-order valence-electron chi connectivity index (χ1n) is 25.3. The van der Waals surface area contributed by atoms with Crippen LogP contribution in [-0.2, 0) is 16.0 Å². The second kappa shape index (κ2) is 20.4. The van der Waals surface area contributed by atoms with Crippen LogP contribution in [0.2, 0.25) is 5.02 Å². The van der Waals surface area contributed by atoms with Crippen LogP contribution in [0.25, 0.3) is 10.4 Å². The van der Waals surface area contributed by atoms with Crippen molar-refractivity contribution >= 4 is 40.7 Å². The van der Waals surface area contributed by atoms with Crippen LogP contribution < -0.4 is 15.4 Å². The molecule has 4 fully saturated rings. The zero-order chi connectivity index (χ0) is 50.3. The van der Waals surface area contributed by atoms with Gasteiger partial charge < -0.3 is 25.4 Å². The molecule has 3 saturated heterocycles. The highest BCUT2D eigenvalue weighted by atomic mass is 35.5. The van der Waals surface area contributed by atoms with Crippen LogP contribution in [0, 0.1) is 34.5 Å². The summed E-state index contributed by atoms with van der Waals surface area (Å²) >= 11 is 7.89. The number of amides is 3. The van der Waals surface area contributed by atoms with Gasteiger partial charge in [0.05, 0.1) is 39.8 Å². The first-order valence-corrected chi connectivity index (χ1v) is 26.5. The van der Waals surface area contributed by atoms with E-state index in [-0.39, 0.29) is 57.8 Å². The number of ether oxygens (including phenoxy) is 1. The summed E-state index contributed by atoms with van der Waals surface area (Å²) in [6.07, 6.45) is 4.93. The minimum atomic E-state index is -0.719. The molecule has 4 heterocycles. The molecule has 1 aromatic heterocycles. The number of rotatable bonds is 16. The van der Waals surface area contributed by atoms with Crippen molar-refractivity contribution in [2.75, 3.05) is 39.3 Å². The molecule has 1 saturated carbocycles. The maximum Gasteiger partial charge on any atom is 0.337 e. The number of piperazine rings is 1. The third kappa shape index (κ3) is 10.5. The zero-order valence-electron chi connectivity index (χ0n) is 42.6. The summed E-state index contributed by atoms with van der Waals surface area (Å²) in [5, 5.41) is 27.1. The third-order valence-electron chi connectivity index (χ3n) is 16.3. The van der Waals surface area contributed by atoms with Gasteiger partial charge in [-0.2, -0.15) is 5.26 Å². The van der Waals surface area contributed by atoms with E-state index in [1.165, 1.54) is 5.56 Å². The molecule has 3 amide bonds. The molecule has 0 spiro atoms. The highest BCUT2D eigenvalue weighted by Gasteiger charge is 2.64. The SMILES string of the molecule is Cc1ncsc1-c1ccc([C@H](C)[N+]2(C(=O)[C@@H](NC(=O)CN3C4CCC3CN(CCCCc3ccc(C(=O)N[C@H]5C(C)(C)[C@H](Oc6ccc(C#N)c(Cl)c6)C5(C)C)cc3)C4)C(C)(C)C)CC[C@H](O)C2)cc1. The number of hydrogen-bond acceptors (Lipinski definition) is 10. The van der Waals surface area contributed by atoms with Crippen LogP contribution in [-0.4, -0.2) is 118 Å². The van der Waals surface area contributed by atoms with Gasteiger partial charge in [0.1, 0.15) is 42.7 Å². The average Bonchev–Trinajstić information content (AvgIpc) is 4.00. The van der Waals surface area contributed by atoms with Gasteiger partial charge >= 0.3 is 5.91 Å². The zero-order valence-corrected chi connectivity index (χ0v) is 44.1. The largest absolute Gasteiger partial charge is 0.489 e. The van der Waals surface area contributed by atoms with E-state index in [4.69, 9.17) is 16.3 Å². The van der Waals surface area contributed by atoms with Crippen LogP contribution in [0.4, 0.5) is 0 Å². The molecule has 70 heavy (non-hydrogen) atoms. The van der Waals surface area contributed by atoms with E-state index >= 15 is 0 Å². The topological polar surface area (TPSA) is 148 Å². The Bertz CT molecular complexity index is 2560. The lowest BCUT2D eigenvalue weighted by molar-refractivity contribution is -0.874. The number of unbranched alkanes of at least 4 members (excludes halogenated alkanes) is 1. The fourth-order valence-corrected chi connectivity index (χ4v) is 13.6. The Kier molecular flexibility index (Phi) is 15.1. The lowest BCUT2D eigenvalue weighted by Gasteiger charge is -2.63. The van der Waals surface area contributed by atoms with E-state index in [2.05, 4.69) is 103 Å². The molecule has 374 valence electrons. The first kappa shape index (κ1) is 51.7. The number of nitrogens with one attached hydrogen (secondary N) is 2. The molecule has 6 atom stereocenters. The van der Waals surface area contributed by atoms with E-state index in [0.29, 0.717) is 53.5 Å². The second-order valence-corrected chi connectivity index (χ2v) is 24.2. The Labute approximate surface area is 424 Å². The van der Waals surface area contributed by atoms with Gasteiger partial charge in [-0.15, -0.1) is 11.3 Å². The number of hydrogen-bond donors (Lipinski definition) is 3. The number of carbonyl (C=O) groups excluding carboxylic acids is 3. The number of benzene rings is 3. The summed E-state index contributed by atoms with van der Waals surface area (Å²) in [5.41, 5.74) is 6.00. The Hall–Kier alpha value is -4.68. The summed E-state index contributed by atoms with van der Waals surface area (Å²) in [6.45, 7) is 22.6. The number of nitrogens with zero attached hydrogens (tertiary/aromatic N) is 5. The van der Waals surface area contributed by atoms with Crippen molar-refractivity contribution in [1.29, 1.82) is 5.26 Å². The maximum absolute atomic E-state index is 15.0. The van der Waals surface area contributed by atoms with E-state index in [1.807, 2.05) is 45.3 Å². The van der Waals surface area contributed by atoms with Gasteiger partial charge in [0.2, 0.25) is 5.91 Å². The number of aryl methyl sites for hydroxylation is 2. The minimum absolute atomic E-state index is 0.0340. The van der Waals surface area contributed by atoms with Crippen molar-refractivity contribution in [3.8, 4) is 22.3 Å². The average molecular weight is 992 g/mol. The molecule has 12 nitrogen and oxygen atoms in total. The Morgan fingerprint density at radius 2 is 1.66 bits per heavy atom. The molecule has 2 bridgehead atoms. The van der Waals surface area contributed by atoms with Crippen molar-refractivity contribution in [3.63, 3.8) is 0 Å². The number of thiazole rings is 1. The summed E-state index contributed by atoms with van der Waals surface area (Å²) in [5.74, 6) is 0.354. The number of nitriles is 1. The molecule has 3 unspecified atom stereocenters. The Morgan fingerprint density at radius 1 is 0.986 bits per heavy atom. The highest BCUT2D eigenvalue weighted by Crippen LogP contribution is 2.55. The van der Waals surface area contributed by atoms with Gasteiger partial charge in [0.25, 0.3) is 5.91 Å². The molecular formula is C56H73ClN7O5S+. The minimum Gasteiger partial charge on any atom is -0.489 e. The van der Waals surface area contributed by atoms with Crippen molar-refractivity contribution in [1.82, 2.24) is 25.4 Å². The number of aliphatic hydroxyl groups is 1. The fourth-order valence-electron chi connectivity index (χ4n) is 12.6. The molecule has 1 aliphatic carbocycles. The summed E-state index contributed by atoms with van der Waals surface area (Å²) in [6, 6.07) is 23.1. The molecule has 3 aliphatic heterocycles. The van der Waals surface area contributed by atoms with Crippen molar-refractivity contribution in [2.45, 2.75) is 143 Å². The molecular weight excluding hydrogens is 918 g/mol. The predicted molar refractivity (Wildman–Crippen MR) is 276 cm³/mol. The van der Waals surface area contributed by atoms with Crippen LogP contribution in [0.5, 0.6) is 5.75 Å². The van der Waals surface area contributed by atoms with Crippen LogP contribution in [0.1, 0.15) is 126 Å². The van der Waals surface area contributed by atoms with Gasteiger partial charge in [0.15, 0.2) is 0 Å². The number of likely N-dealkylation sites (tertiary alicyclic amines) is 2. The second-order valence-electron chi connectivity index (χ2n) is 22.9. The van der Waals surface area contributed by atoms with E-state index in [0.717, 1.165) is 73.4 Å². The Morgan fingerprint density at radius 3 is 2.23 bits per heavy atom. The summed E-state index contributed by atoms with van der Waals surface area (Å²) in [4.78, 5) is 53.1. The van der Waals surface area contributed by atoms with Gasteiger partial charge in [0, 0.05) is 65.7 Å². The van der Waals surface area contributed by atoms with Gasteiger partial charge in [-0.25, -0.2) is 9.78 Å². The number of aromatic nitrogens is 1. The lowest BCUT2D eigenvalue weighted by atomic mass is 9.49. The maximum atomic E-state index is 15.0. The monoisotopic (exact) mass is 991 g/mol. The van der Waals surface area contributed by atoms with Gasteiger partial charge in [-0.1, -0.05) is 96.5 Å². The van der Waals surface area contributed by atoms with Crippen LogP contribution >= 0.6 is 22.9 Å². The molecule has 3 aromatic carbocycles. The van der Waals surface area contributed by atoms with Crippen molar-refractivity contribution in [3.05, 3.63) is 105 Å².